The molecule has 0 spiro atoms. The molecule has 0 amide bonds. The number of aromatic nitrogens is 2. The molecule has 0 saturated heterocycles. The number of hydrogen-bond acceptors (Lipinski definition) is 3. The second-order valence-electron chi connectivity index (χ2n) is 3.00. The van der Waals surface area contributed by atoms with Gasteiger partial charge < -0.3 is 10.5 Å². The summed E-state index contributed by atoms with van der Waals surface area (Å²) >= 11 is 0. The van der Waals surface area contributed by atoms with E-state index in [0.29, 0.717) is 11.5 Å². The molecule has 0 aliphatic heterocycles. The molecule has 0 radical (unpaired) electrons. The topological polar surface area (TPSA) is 53.1 Å². The van der Waals surface area contributed by atoms with Crippen molar-refractivity contribution in [3.8, 4) is 11.4 Å². The van der Waals surface area contributed by atoms with Gasteiger partial charge in [-0.1, -0.05) is 0 Å². The van der Waals surface area contributed by atoms with E-state index in [2.05, 4.69) is 5.10 Å². The molecule has 16 heavy (non-hydrogen) atoms. The lowest BCUT2D eigenvalue weighted by Gasteiger charge is -2.05. The maximum absolute atomic E-state index is 13.1. The Labute approximate surface area is 98.2 Å². The van der Waals surface area contributed by atoms with E-state index in [4.69, 9.17) is 10.5 Å². The Morgan fingerprint density at radius 3 is 2.69 bits per heavy atom. The third-order valence-corrected chi connectivity index (χ3v) is 2.01. The summed E-state index contributed by atoms with van der Waals surface area (Å²) in [5.74, 6) is 0.196. The smallest absolute Gasteiger partial charge is 0.165 e. The maximum atomic E-state index is 13.1. The van der Waals surface area contributed by atoms with Crippen molar-refractivity contribution in [3.63, 3.8) is 0 Å². The lowest BCUT2D eigenvalue weighted by Crippen LogP contribution is -1.98. The van der Waals surface area contributed by atoms with E-state index in [1.165, 1.54) is 13.2 Å². The minimum absolute atomic E-state index is 0. The van der Waals surface area contributed by atoms with Crippen molar-refractivity contribution in [3.05, 3.63) is 36.3 Å². The molecular formula is C10H11ClFN3O. The van der Waals surface area contributed by atoms with Gasteiger partial charge in [0.2, 0.25) is 0 Å². The fourth-order valence-electron chi connectivity index (χ4n) is 1.27. The third-order valence-electron chi connectivity index (χ3n) is 2.01. The Morgan fingerprint density at radius 1 is 1.38 bits per heavy atom. The summed E-state index contributed by atoms with van der Waals surface area (Å²) < 4.78 is 19.5. The Hall–Kier alpha value is -1.75. The normalized spacial score (nSPS) is 9.62. The average molecular weight is 244 g/mol. The summed E-state index contributed by atoms with van der Waals surface area (Å²) in [5.41, 5.74) is 6.18. The summed E-state index contributed by atoms with van der Waals surface area (Å²) in [4.78, 5) is 0. The van der Waals surface area contributed by atoms with Crippen LogP contribution in [0, 0.1) is 5.82 Å². The van der Waals surface area contributed by atoms with Crippen LogP contribution in [0.2, 0.25) is 0 Å². The van der Waals surface area contributed by atoms with Crippen LogP contribution in [0.15, 0.2) is 30.5 Å². The van der Waals surface area contributed by atoms with Gasteiger partial charge >= 0.3 is 0 Å². The fraction of sp³-hybridized carbons (Fsp3) is 0.100. The number of anilines is 1. The molecular weight excluding hydrogens is 233 g/mol. The van der Waals surface area contributed by atoms with E-state index in [1.54, 1.807) is 29.1 Å². The van der Waals surface area contributed by atoms with E-state index < -0.39 is 5.82 Å². The minimum atomic E-state index is -0.402. The highest BCUT2D eigenvalue weighted by Crippen LogP contribution is 2.20. The van der Waals surface area contributed by atoms with Crippen LogP contribution in [0.25, 0.3) is 5.69 Å². The summed E-state index contributed by atoms with van der Waals surface area (Å²) in [6.45, 7) is 0. The number of methoxy groups -OCH3 is 1. The standard InChI is InChI=1S/C10H10FN3O.ClH/c1-15-9-6-7(2-3-8(9)11)14-5-4-10(12)13-14;/h2-6H,1H3,(H2,12,13);1H. The molecule has 0 saturated carbocycles. The first-order chi connectivity index (χ1) is 7.20. The van der Waals surface area contributed by atoms with Gasteiger partial charge in [0, 0.05) is 18.3 Å². The first-order valence-electron chi connectivity index (χ1n) is 4.36. The fourth-order valence-corrected chi connectivity index (χ4v) is 1.27. The molecule has 0 atom stereocenters. The van der Waals surface area contributed by atoms with Gasteiger partial charge in [-0.15, -0.1) is 12.4 Å². The van der Waals surface area contributed by atoms with E-state index >= 15 is 0 Å². The summed E-state index contributed by atoms with van der Waals surface area (Å²) in [5, 5.41) is 4.00. The number of ether oxygens (including phenoxy) is 1. The monoisotopic (exact) mass is 243 g/mol. The van der Waals surface area contributed by atoms with Crippen molar-refractivity contribution in [1.82, 2.24) is 9.78 Å². The quantitative estimate of drug-likeness (QED) is 0.878. The number of halogens is 2. The van der Waals surface area contributed by atoms with E-state index in [0.717, 1.165) is 0 Å². The number of rotatable bonds is 2. The Balaban J connectivity index is 0.00000128. The molecule has 0 fully saturated rings. The van der Waals surface area contributed by atoms with Gasteiger partial charge in [-0.25, -0.2) is 9.07 Å². The largest absolute Gasteiger partial charge is 0.494 e. The zero-order valence-corrected chi connectivity index (χ0v) is 9.37. The molecule has 0 aliphatic carbocycles. The Bertz CT molecular complexity index is 487. The maximum Gasteiger partial charge on any atom is 0.165 e. The number of benzene rings is 1. The van der Waals surface area contributed by atoms with Gasteiger partial charge in [-0.2, -0.15) is 5.10 Å². The summed E-state index contributed by atoms with van der Waals surface area (Å²) in [6, 6.07) is 6.15. The average Bonchev–Trinajstić information content (AvgIpc) is 2.66. The van der Waals surface area contributed by atoms with Gasteiger partial charge in [0.1, 0.15) is 5.82 Å². The Morgan fingerprint density at radius 2 is 2.12 bits per heavy atom. The molecule has 1 aromatic heterocycles. The van der Waals surface area contributed by atoms with E-state index in [-0.39, 0.29) is 18.2 Å². The minimum Gasteiger partial charge on any atom is -0.494 e. The van der Waals surface area contributed by atoms with Crippen LogP contribution < -0.4 is 10.5 Å². The van der Waals surface area contributed by atoms with Crippen molar-refractivity contribution in [2.45, 2.75) is 0 Å². The predicted octanol–water partition coefficient (Wildman–Crippen LogP) is 2.02. The third kappa shape index (κ3) is 2.25. The van der Waals surface area contributed by atoms with Crippen LogP contribution in [0.4, 0.5) is 10.2 Å². The van der Waals surface area contributed by atoms with Gasteiger partial charge in [0.15, 0.2) is 11.6 Å². The molecule has 1 heterocycles. The van der Waals surface area contributed by atoms with Crippen LogP contribution in [-0.2, 0) is 0 Å². The summed E-state index contributed by atoms with van der Waals surface area (Å²) in [7, 11) is 1.42. The van der Waals surface area contributed by atoms with E-state index in [9.17, 15) is 4.39 Å². The van der Waals surface area contributed by atoms with Gasteiger partial charge in [-0.3, -0.25) is 0 Å². The lowest BCUT2D eigenvalue weighted by molar-refractivity contribution is 0.386. The number of nitrogens with zero attached hydrogens (tertiary/aromatic N) is 2. The van der Waals surface area contributed by atoms with Crippen LogP contribution in [-0.4, -0.2) is 16.9 Å². The highest BCUT2D eigenvalue weighted by molar-refractivity contribution is 5.85. The highest BCUT2D eigenvalue weighted by atomic mass is 35.5. The number of nitrogens with two attached hydrogens (primary N) is 1. The second kappa shape index (κ2) is 4.85. The molecule has 2 aromatic rings. The van der Waals surface area contributed by atoms with Crippen molar-refractivity contribution in [2.75, 3.05) is 12.8 Å². The van der Waals surface area contributed by atoms with Crippen LogP contribution >= 0.6 is 12.4 Å². The molecule has 86 valence electrons. The van der Waals surface area contributed by atoms with E-state index in [1.807, 2.05) is 0 Å². The number of hydrogen-bond donors (Lipinski definition) is 1. The zero-order valence-electron chi connectivity index (χ0n) is 8.55. The molecule has 4 nitrogen and oxygen atoms in total. The Kier molecular flexibility index (Phi) is 3.73. The van der Waals surface area contributed by atoms with Crippen LogP contribution in [0.3, 0.4) is 0 Å². The molecule has 2 N–H and O–H groups in total. The molecule has 0 bridgehead atoms. The van der Waals surface area contributed by atoms with Gasteiger partial charge in [-0.05, 0) is 12.1 Å². The number of nitrogen functional groups attached to an aromatic ring is 1. The van der Waals surface area contributed by atoms with Crippen LogP contribution in [0.1, 0.15) is 0 Å². The SMILES string of the molecule is COc1cc(-n2ccc(N)n2)ccc1F.Cl. The first-order valence-corrected chi connectivity index (χ1v) is 4.36. The van der Waals surface area contributed by atoms with Crippen molar-refractivity contribution in [2.24, 2.45) is 0 Å². The van der Waals surface area contributed by atoms with Crippen molar-refractivity contribution < 1.29 is 9.13 Å². The zero-order chi connectivity index (χ0) is 10.8. The molecule has 2 rings (SSSR count). The molecule has 0 aliphatic rings. The molecule has 0 unspecified atom stereocenters. The summed E-state index contributed by atoms with van der Waals surface area (Å²) in [6.07, 6.45) is 1.70. The van der Waals surface area contributed by atoms with Gasteiger partial charge in [0.25, 0.3) is 0 Å². The molecule has 6 heteroatoms. The van der Waals surface area contributed by atoms with Crippen molar-refractivity contribution in [1.29, 1.82) is 0 Å². The predicted molar refractivity (Wildman–Crippen MR) is 61.7 cm³/mol. The van der Waals surface area contributed by atoms with Crippen LogP contribution in [0.5, 0.6) is 5.75 Å². The lowest BCUT2D eigenvalue weighted by atomic mass is 10.3. The van der Waals surface area contributed by atoms with Crippen molar-refractivity contribution >= 4 is 18.2 Å². The molecule has 1 aromatic carbocycles. The second-order valence-corrected chi connectivity index (χ2v) is 3.00. The van der Waals surface area contributed by atoms with Gasteiger partial charge in [0.05, 0.1) is 12.8 Å². The highest BCUT2D eigenvalue weighted by Gasteiger charge is 2.05. The first kappa shape index (κ1) is 12.3.